The van der Waals surface area contributed by atoms with E-state index in [0.29, 0.717) is 17.5 Å². The maximum atomic E-state index is 13.1. The van der Waals surface area contributed by atoms with E-state index in [0.717, 1.165) is 11.3 Å². The molecule has 12 nitrogen and oxygen atoms in total. The summed E-state index contributed by atoms with van der Waals surface area (Å²) in [6, 6.07) is 9.85. The maximum absolute atomic E-state index is 13.1. The van der Waals surface area contributed by atoms with E-state index >= 15 is 0 Å². The molecule has 0 aliphatic rings. The number of thiophene rings is 1. The van der Waals surface area contributed by atoms with Crippen LogP contribution in [0.4, 0.5) is 5.69 Å². The van der Waals surface area contributed by atoms with Crippen LogP contribution in [0.2, 0.25) is 0 Å². The van der Waals surface area contributed by atoms with Crippen molar-refractivity contribution in [2.75, 3.05) is 18.2 Å². The van der Waals surface area contributed by atoms with Gasteiger partial charge in [-0.15, -0.1) is 11.3 Å². The summed E-state index contributed by atoms with van der Waals surface area (Å²) in [6.45, 7) is 5.11. The summed E-state index contributed by atoms with van der Waals surface area (Å²) in [5.74, 6) is -2.69. The van der Waals surface area contributed by atoms with Gasteiger partial charge in [-0.25, -0.2) is 9.78 Å². The van der Waals surface area contributed by atoms with Crippen LogP contribution in [0.1, 0.15) is 57.7 Å². The fraction of sp³-hybridized carbons (Fsp3) is 0.269. The highest BCUT2D eigenvalue weighted by Gasteiger charge is 2.29. The third-order valence-corrected chi connectivity index (χ3v) is 7.09. The standard InChI is InChI=1S/C26H29N5O7S2/c1-26(2,3)19(13-32)31-24(34)18-10-9-16(20(30-18)25(35)38-40(4,36)37)21-17(11-12-39-21)23(33)29-15-7-5-14(6-8-15)22(27)28/h5-12,19,32H,13H2,1-4H3,(H3,27,28)(H,29,33)(H,31,34)/t19-/m1/s1. The first-order valence-corrected chi connectivity index (χ1v) is 14.5. The second-order valence-corrected chi connectivity index (χ2v) is 12.3. The van der Waals surface area contributed by atoms with Crippen molar-refractivity contribution in [3.8, 4) is 10.4 Å². The fourth-order valence-electron chi connectivity index (χ4n) is 3.50. The summed E-state index contributed by atoms with van der Waals surface area (Å²) in [4.78, 5) is 43.3. The van der Waals surface area contributed by atoms with Gasteiger partial charge in [0.15, 0.2) is 5.69 Å². The quantitative estimate of drug-likeness (QED) is 0.142. The van der Waals surface area contributed by atoms with Crippen LogP contribution >= 0.6 is 11.3 Å². The lowest BCUT2D eigenvalue weighted by Gasteiger charge is -2.29. The average Bonchev–Trinajstić information content (AvgIpc) is 3.35. The van der Waals surface area contributed by atoms with Crippen molar-refractivity contribution in [1.29, 1.82) is 5.41 Å². The predicted molar refractivity (Wildman–Crippen MR) is 151 cm³/mol. The molecular weight excluding hydrogens is 558 g/mol. The Morgan fingerprint density at radius 1 is 1.10 bits per heavy atom. The summed E-state index contributed by atoms with van der Waals surface area (Å²) in [5, 5.41) is 24.1. The van der Waals surface area contributed by atoms with Gasteiger partial charge in [0.2, 0.25) is 0 Å². The second kappa shape index (κ2) is 11.9. The molecule has 212 valence electrons. The molecule has 0 aliphatic heterocycles. The predicted octanol–water partition coefficient (Wildman–Crippen LogP) is 2.60. The molecule has 0 saturated heterocycles. The van der Waals surface area contributed by atoms with E-state index in [1.165, 1.54) is 18.2 Å². The van der Waals surface area contributed by atoms with Crippen molar-refractivity contribution >= 4 is 50.8 Å². The number of nitrogens with one attached hydrogen (secondary N) is 3. The van der Waals surface area contributed by atoms with E-state index in [2.05, 4.69) is 19.8 Å². The number of nitrogens with zero attached hydrogens (tertiary/aromatic N) is 1. The molecule has 2 heterocycles. The van der Waals surface area contributed by atoms with Crippen molar-refractivity contribution in [1.82, 2.24) is 10.3 Å². The molecular formula is C26H29N5O7S2. The van der Waals surface area contributed by atoms with Crippen molar-refractivity contribution in [2.24, 2.45) is 11.1 Å². The van der Waals surface area contributed by atoms with Crippen LogP contribution in [0.15, 0.2) is 47.8 Å². The number of hydrogen-bond donors (Lipinski definition) is 5. The number of benzene rings is 1. The second-order valence-electron chi connectivity index (χ2n) is 9.85. The minimum Gasteiger partial charge on any atom is -0.394 e. The van der Waals surface area contributed by atoms with Gasteiger partial charge in [0, 0.05) is 21.7 Å². The highest BCUT2D eigenvalue weighted by molar-refractivity contribution is 7.86. The molecule has 0 unspecified atom stereocenters. The number of rotatable bonds is 9. The summed E-state index contributed by atoms with van der Waals surface area (Å²) in [7, 11) is -4.23. The first-order chi connectivity index (χ1) is 18.6. The van der Waals surface area contributed by atoms with E-state index in [-0.39, 0.29) is 34.1 Å². The smallest absolute Gasteiger partial charge is 0.373 e. The van der Waals surface area contributed by atoms with Gasteiger partial charge in [-0.2, -0.15) is 8.42 Å². The van der Waals surface area contributed by atoms with Gasteiger partial charge in [-0.1, -0.05) is 20.8 Å². The van der Waals surface area contributed by atoms with Gasteiger partial charge in [0.05, 0.1) is 24.5 Å². The van der Waals surface area contributed by atoms with Crippen molar-refractivity contribution < 1.29 is 32.1 Å². The molecule has 3 aromatic rings. The van der Waals surface area contributed by atoms with Gasteiger partial charge in [0.1, 0.15) is 11.5 Å². The van der Waals surface area contributed by atoms with Crippen LogP contribution in [-0.2, 0) is 14.3 Å². The molecule has 2 amide bonds. The van der Waals surface area contributed by atoms with Crippen molar-refractivity contribution in [3.05, 3.63) is 70.4 Å². The summed E-state index contributed by atoms with van der Waals surface area (Å²) in [6.07, 6.45) is 0.692. The lowest BCUT2D eigenvalue weighted by Crippen LogP contribution is -2.46. The van der Waals surface area contributed by atoms with E-state index in [1.807, 2.05) is 20.8 Å². The minimum atomic E-state index is -4.23. The van der Waals surface area contributed by atoms with E-state index in [4.69, 9.17) is 11.1 Å². The normalized spacial score (nSPS) is 12.3. The van der Waals surface area contributed by atoms with Crippen LogP contribution in [0.5, 0.6) is 0 Å². The van der Waals surface area contributed by atoms with Gasteiger partial charge >= 0.3 is 16.1 Å². The number of nitrogens with two attached hydrogens (primary N) is 1. The fourth-order valence-corrected chi connectivity index (χ4v) is 4.77. The highest BCUT2D eigenvalue weighted by atomic mass is 32.2. The Morgan fingerprint density at radius 3 is 2.30 bits per heavy atom. The molecule has 0 fully saturated rings. The first kappa shape index (κ1) is 30.4. The Hall–Kier alpha value is -4.14. The Balaban J connectivity index is 2.01. The van der Waals surface area contributed by atoms with Crippen LogP contribution in [0.25, 0.3) is 10.4 Å². The summed E-state index contributed by atoms with van der Waals surface area (Å²) in [5.41, 5.74) is 5.39. The first-order valence-electron chi connectivity index (χ1n) is 11.8. The highest BCUT2D eigenvalue weighted by Crippen LogP contribution is 2.33. The largest absolute Gasteiger partial charge is 0.394 e. The van der Waals surface area contributed by atoms with Crippen LogP contribution in [0.3, 0.4) is 0 Å². The number of hydrogen-bond acceptors (Lipinski definition) is 10. The Kier molecular flexibility index (Phi) is 9.07. The number of carbonyl (C=O) groups is 3. The Labute approximate surface area is 235 Å². The molecule has 40 heavy (non-hydrogen) atoms. The zero-order valence-corrected chi connectivity index (χ0v) is 23.8. The van der Waals surface area contributed by atoms with E-state index in [1.54, 1.807) is 29.6 Å². The number of carbonyl (C=O) groups excluding carboxylic acids is 3. The van der Waals surface area contributed by atoms with Gasteiger partial charge in [-0.3, -0.25) is 15.0 Å². The van der Waals surface area contributed by atoms with Gasteiger partial charge in [0.25, 0.3) is 11.8 Å². The van der Waals surface area contributed by atoms with Gasteiger partial charge in [-0.05, 0) is 53.3 Å². The van der Waals surface area contributed by atoms with E-state index in [9.17, 15) is 27.9 Å². The third-order valence-electron chi connectivity index (χ3n) is 5.69. The molecule has 1 aromatic carbocycles. The number of amidine groups is 1. The number of nitrogen functional groups attached to an aromatic ring is 1. The molecule has 0 spiro atoms. The SMILES string of the molecule is CC(C)(C)[C@@H](CO)NC(=O)c1ccc(-c2sccc2C(=O)Nc2ccc(C(=N)N)cc2)c(C(=O)OS(C)(=O)=O)n1. The molecule has 14 heteroatoms. The summed E-state index contributed by atoms with van der Waals surface area (Å²) < 4.78 is 28.0. The van der Waals surface area contributed by atoms with Crippen molar-refractivity contribution in [3.63, 3.8) is 0 Å². The lowest BCUT2D eigenvalue weighted by molar-refractivity contribution is 0.0742. The monoisotopic (exact) mass is 587 g/mol. The molecule has 0 aliphatic carbocycles. The maximum Gasteiger partial charge on any atom is 0.373 e. The van der Waals surface area contributed by atoms with Crippen molar-refractivity contribution in [2.45, 2.75) is 26.8 Å². The zero-order chi connectivity index (χ0) is 29.8. The molecule has 3 rings (SSSR count). The molecule has 2 aromatic heterocycles. The Morgan fingerprint density at radius 2 is 1.75 bits per heavy atom. The minimum absolute atomic E-state index is 0.0757. The number of pyridine rings is 1. The number of amides is 2. The average molecular weight is 588 g/mol. The van der Waals surface area contributed by atoms with Crippen LogP contribution < -0.4 is 16.4 Å². The number of anilines is 1. The molecule has 0 saturated carbocycles. The molecule has 0 bridgehead atoms. The number of aliphatic hydroxyl groups excluding tert-OH is 1. The zero-order valence-electron chi connectivity index (χ0n) is 22.1. The number of aromatic nitrogens is 1. The molecule has 6 N–H and O–H groups in total. The van der Waals surface area contributed by atoms with Crippen LogP contribution in [-0.4, -0.2) is 61.0 Å². The Bertz CT molecular complexity index is 1560. The van der Waals surface area contributed by atoms with Crippen LogP contribution in [0, 0.1) is 10.8 Å². The molecule has 0 radical (unpaired) electrons. The molecule has 1 atom stereocenters. The topological polar surface area (TPSA) is 202 Å². The third kappa shape index (κ3) is 7.49. The lowest BCUT2D eigenvalue weighted by atomic mass is 9.87. The number of aliphatic hydroxyl groups is 1. The van der Waals surface area contributed by atoms with E-state index < -0.39 is 45.1 Å². The summed E-state index contributed by atoms with van der Waals surface area (Å²) >= 11 is 1.09. The van der Waals surface area contributed by atoms with Gasteiger partial charge < -0.3 is 25.7 Å².